The molecule has 1 aliphatic rings. The Balaban J connectivity index is 1.80. The van der Waals surface area contributed by atoms with Gasteiger partial charge in [-0.25, -0.2) is 0 Å². The molecule has 0 radical (unpaired) electrons. The number of aromatic nitrogens is 1. The first-order valence-corrected chi connectivity index (χ1v) is 8.57. The Kier molecular flexibility index (Phi) is 6.65. The number of unbranched alkanes of at least 4 members (excludes halogenated alkanes) is 1. The average Bonchev–Trinajstić information content (AvgIpc) is 3.29. The lowest BCUT2D eigenvalue weighted by atomic mass is 10.2. The first kappa shape index (κ1) is 16.4. The fourth-order valence-electron chi connectivity index (χ4n) is 2.56. The molecule has 1 saturated carbocycles. The van der Waals surface area contributed by atoms with E-state index in [4.69, 9.17) is 0 Å². The molecule has 1 aromatic rings. The average molecular weight is 289 g/mol. The van der Waals surface area contributed by atoms with Crippen molar-refractivity contribution in [3.63, 3.8) is 0 Å². The van der Waals surface area contributed by atoms with Gasteiger partial charge >= 0.3 is 0 Å². The van der Waals surface area contributed by atoms with Crippen molar-refractivity contribution in [2.45, 2.75) is 65.6 Å². The molecule has 1 heterocycles. The Morgan fingerprint density at radius 1 is 1.33 bits per heavy atom. The van der Waals surface area contributed by atoms with Gasteiger partial charge in [-0.2, -0.15) is 0 Å². The van der Waals surface area contributed by atoms with Crippen LogP contribution in [0.25, 0.3) is 0 Å². The van der Waals surface area contributed by atoms with E-state index in [9.17, 15) is 0 Å². The van der Waals surface area contributed by atoms with Crippen molar-refractivity contribution in [3.05, 3.63) is 29.6 Å². The molecule has 1 aliphatic carbocycles. The zero-order valence-electron chi connectivity index (χ0n) is 13.9. The van der Waals surface area contributed by atoms with Gasteiger partial charge in [0.1, 0.15) is 0 Å². The highest BCUT2D eigenvalue weighted by Crippen LogP contribution is 2.28. The van der Waals surface area contributed by atoms with Crippen molar-refractivity contribution >= 4 is 0 Å². The molecule has 1 fully saturated rings. The first-order valence-electron chi connectivity index (χ1n) is 8.57. The summed E-state index contributed by atoms with van der Waals surface area (Å²) < 4.78 is 0. The Bertz CT molecular complexity index is 395. The molecule has 21 heavy (non-hydrogen) atoms. The normalized spacial score (nSPS) is 15.1. The molecule has 1 aromatic heterocycles. The summed E-state index contributed by atoms with van der Waals surface area (Å²) >= 11 is 0. The van der Waals surface area contributed by atoms with Crippen LogP contribution < -0.4 is 5.32 Å². The molecule has 2 rings (SSSR count). The molecule has 0 saturated heterocycles. The Hall–Kier alpha value is -0.930. The fourth-order valence-corrected chi connectivity index (χ4v) is 2.56. The lowest BCUT2D eigenvalue weighted by Gasteiger charge is -2.21. The van der Waals surface area contributed by atoms with Gasteiger partial charge < -0.3 is 5.32 Å². The molecule has 0 aromatic carbocycles. The molecule has 0 aliphatic heterocycles. The summed E-state index contributed by atoms with van der Waals surface area (Å²) in [5, 5.41) is 3.47. The van der Waals surface area contributed by atoms with Crippen LogP contribution in [0.3, 0.4) is 0 Å². The minimum absolute atomic E-state index is 0.697. The van der Waals surface area contributed by atoms with E-state index < -0.39 is 0 Å². The van der Waals surface area contributed by atoms with Gasteiger partial charge in [-0.3, -0.25) is 9.88 Å². The first-order chi connectivity index (χ1) is 10.2. The molecule has 0 atom stereocenters. The predicted molar refractivity (Wildman–Crippen MR) is 89.1 cm³/mol. The zero-order valence-corrected chi connectivity index (χ0v) is 13.9. The van der Waals surface area contributed by atoms with Crippen molar-refractivity contribution in [1.29, 1.82) is 0 Å². The van der Waals surface area contributed by atoms with E-state index in [1.54, 1.807) is 0 Å². The standard InChI is InChI=1S/C18H31N3/c1-4-5-10-21(18-8-9-18)14-17-7-6-16(13-20-17)12-19-11-15(2)3/h6-7,13,15,18-19H,4-5,8-12,14H2,1-3H3. The van der Waals surface area contributed by atoms with Crippen LogP contribution in [0.5, 0.6) is 0 Å². The minimum Gasteiger partial charge on any atom is -0.312 e. The van der Waals surface area contributed by atoms with Gasteiger partial charge in [0.25, 0.3) is 0 Å². The third kappa shape index (κ3) is 6.15. The third-order valence-electron chi connectivity index (χ3n) is 3.99. The van der Waals surface area contributed by atoms with E-state index in [1.807, 2.05) is 6.20 Å². The third-order valence-corrected chi connectivity index (χ3v) is 3.99. The molecule has 0 bridgehead atoms. The van der Waals surface area contributed by atoms with Crippen LogP contribution in [-0.2, 0) is 13.1 Å². The van der Waals surface area contributed by atoms with Crippen LogP contribution >= 0.6 is 0 Å². The lowest BCUT2D eigenvalue weighted by Crippen LogP contribution is -2.27. The minimum atomic E-state index is 0.697. The molecule has 118 valence electrons. The quantitative estimate of drug-likeness (QED) is 0.713. The van der Waals surface area contributed by atoms with Crippen LogP contribution in [0.15, 0.2) is 18.3 Å². The topological polar surface area (TPSA) is 28.2 Å². The van der Waals surface area contributed by atoms with E-state index in [0.29, 0.717) is 5.92 Å². The smallest absolute Gasteiger partial charge is 0.0544 e. The molecule has 0 unspecified atom stereocenters. The fraction of sp³-hybridized carbons (Fsp3) is 0.722. The molecule has 0 spiro atoms. The molecule has 1 N–H and O–H groups in total. The van der Waals surface area contributed by atoms with Crippen molar-refractivity contribution in [3.8, 4) is 0 Å². The van der Waals surface area contributed by atoms with E-state index in [-0.39, 0.29) is 0 Å². The highest BCUT2D eigenvalue weighted by molar-refractivity contribution is 5.14. The van der Waals surface area contributed by atoms with E-state index in [2.05, 4.69) is 48.1 Å². The highest BCUT2D eigenvalue weighted by atomic mass is 15.2. The van der Waals surface area contributed by atoms with Gasteiger partial charge in [0.2, 0.25) is 0 Å². The van der Waals surface area contributed by atoms with Gasteiger partial charge in [0.05, 0.1) is 5.69 Å². The molecule has 3 nitrogen and oxygen atoms in total. The Labute approximate surface area is 130 Å². The van der Waals surface area contributed by atoms with Gasteiger partial charge in [-0.15, -0.1) is 0 Å². The SMILES string of the molecule is CCCCN(Cc1ccc(CNCC(C)C)cn1)C1CC1. The second-order valence-corrected chi connectivity index (χ2v) is 6.74. The van der Waals surface area contributed by atoms with Crippen molar-refractivity contribution in [1.82, 2.24) is 15.2 Å². The molecular formula is C18H31N3. The summed E-state index contributed by atoms with van der Waals surface area (Å²) in [5.74, 6) is 0.697. The molecular weight excluding hydrogens is 258 g/mol. The summed E-state index contributed by atoms with van der Waals surface area (Å²) in [4.78, 5) is 7.27. The van der Waals surface area contributed by atoms with Crippen molar-refractivity contribution in [2.75, 3.05) is 13.1 Å². The van der Waals surface area contributed by atoms with Gasteiger partial charge in [-0.1, -0.05) is 33.3 Å². The predicted octanol–water partition coefficient (Wildman–Crippen LogP) is 3.59. The number of hydrogen-bond acceptors (Lipinski definition) is 3. The van der Waals surface area contributed by atoms with Gasteiger partial charge in [0.15, 0.2) is 0 Å². The summed E-state index contributed by atoms with van der Waals surface area (Å²) in [6, 6.07) is 5.25. The van der Waals surface area contributed by atoms with E-state index in [1.165, 1.54) is 43.5 Å². The zero-order chi connectivity index (χ0) is 15.1. The van der Waals surface area contributed by atoms with Crippen LogP contribution in [0.4, 0.5) is 0 Å². The monoisotopic (exact) mass is 289 g/mol. The van der Waals surface area contributed by atoms with Crippen molar-refractivity contribution in [2.24, 2.45) is 5.92 Å². The maximum atomic E-state index is 4.65. The summed E-state index contributed by atoms with van der Waals surface area (Å²) in [6.07, 6.45) is 7.36. The maximum Gasteiger partial charge on any atom is 0.0544 e. The van der Waals surface area contributed by atoms with Gasteiger partial charge in [-0.05, 0) is 49.9 Å². The van der Waals surface area contributed by atoms with Crippen LogP contribution in [0.2, 0.25) is 0 Å². The highest BCUT2D eigenvalue weighted by Gasteiger charge is 2.28. The van der Waals surface area contributed by atoms with E-state index in [0.717, 1.165) is 25.7 Å². The second-order valence-electron chi connectivity index (χ2n) is 6.74. The largest absolute Gasteiger partial charge is 0.312 e. The van der Waals surface area contributed by atoms with Crippen molar-refractivity contribution < 1.29 is 0 Å². The number of rotatable bonds is 10. The summed E-state index contributed by atoms with van der Waals surface area (Å²) in [5.41, 5.74) is 2.50. The number of nitrogens with one attached hydrogen (secondary N) is 1. The molecule has 3 heteroatoms. The van der Waals surface area contributed by atoms with Crippen LogP contribution in [0.1, 0.15) is 57.7 Å². The molecule has 0 amide bonds. The number of nitrogens with zero attached hydrogens (tertiary/aromatic N) is 2. The van der Waals surface area contributed by atoms with Crippen LogP contribution in [-0.4, -0.2) is 29.0 Å². The second kappa shape index (κ2) is 8.50. The Morgan fingerprint density at radius 2 is 2.14 bits per heavy atom. The number of pyridine rings is 1. The van der Waals surface area contributed by atoms with E-state index >= 15 is 0 Å². The summed E-state index contributed by atoms with van der Waals surface area (Å²) in [6.45, 7) is 11.0. The van der Waals surface area contributed by atoms with Crippen LogP contribution in [0, 0.1) is 5.92 Å². The number of hydrogen-bond donors (Lipinski definition) is 1. The van der Waals surface area contributed by atoms with Gasteiger partial charge in [0, 0.05) is 25.3 Å². The summed E-state index contributed by atoms with van der Waals surface area (Å²) in [7, 11) is 0. The maximum absolute atomic E-state index is 4.65. The Morgan fingerprint density at radius 3 is 2.71 bits per heavy atom. The lowest BCUT2D eigenvalue weighted by molar-refractivity contribution is 0.248.